The fourth-order valence-electron chi connectivity index (χ4n) is 2.47. The summed E-state index contributed by atoms with van der Waals surface area (Å²) in [6, 6.07) is 5.39. The number of hydrogen-bond donors (Lipinski definition) is 1. The summed E-state index contributed by atoms with van der Waals surface area (Å²) < 4.78 is 1.69. The fraction of sp³-hybridized carbons (Fsp3) is 0.357. The molecule has 5 heteroatoms. The van der Waals surface area contributed by atoms with Crippen LogP contribution in [0.4, 0.5) is 5.69 Å². The molecule has 0 saturated heterocycles. The number of thiophene rings is 1. The number of nitrogens with zero attached hydrogens (tertiary/aromatic N) is 2. The Bertz CT molecular complexity index is 632. The lowest BCUT2D eigenvalue weighted by atomic mass is 10.1. The van der Waals surface area contributed by atoms with Gasteiger partial charge in [-0.1, -0.05) is 0 Å². The minimum absolute atomic E-state index is 0.0161. The number of nitrogen functional groups attached to an aromatic ring is 1. The zero-order valence-electron chi connectivity index (χ0n) is 10.7. The summed E-state index contributed by atoms with van der Waals surface area (Å²) in [4.78, 5) is 15.6. The van der Waals surface area contributed by atoms with E-state index in [1.54, 1.807) is 16.8 Å². The highest BCUT2D eigenvalue weighted by Crippen LogP contribution is 2.23. The summed E-state index contributed by atoms with van der Waals surface area (Å²) in [5, 5.41) is 2.16. The van der Waals surface area contributed by atoms with Gasteiger partial charge in [0, 0.05) is 49.0 Å². The molecule has 0 unspecified atom stereocenters. The molecule has 100 valence electrons. The van der Waals surface area contributed by atoms with Crippen LogP contribution in [0.5, 0.6) is 0 Å². The van der Waals surface area contributed by atoms with Crippen molar-refractivity contribution in [2.45, 2.75) is 19.5 Å². The number of rotatable bonds is 3. The first-order valence-electron chi connectivity index (χ1n) is 6.46. The second-order valence-corrected chi connectivity index (χ2v) is 5.89. The van der Waals surface area contributed by atoms with Gasteiger partial charge in [0.1, 0.15) is 0 Å². The minimum Gasteiger partial charge on any atom is -0.398 e. The molecular weight excluding hydrogens is 258 g/mol. The van der Waals surface area contributed by atoms with Crippen molar-refractivity contribution in [1.29, 1.82) is 0 Å². The van der Waals surface area contributed by atoms with Gasteiger partial charge in [0.2, 0.25) is 0 Å². The van der Waals surface area contributed by atoms with Gasteiger partial charge in [-0.2, -0.15) is 0 Å². The first-order chi connectivity index (χ1) is 9.22. The average molecular weight is 275 g/mol. The zero-order valence-corrected chi connectivity index (χ0v) is 11.5. The van der Waals surface area contributed by atoms with Gasteiger partial charge in [-0.05, 0) is 29.5 Å². The van der Waals surface area contributed by atoms with Crippen molar-refractivity contribution in [3.63, 3.8) is 0 Å². The molecule has 3 rings (SSSR count). The molecule has 0 aliphatic carbocycles. The van der Waals surface area contributed by atoms with E-state index in [1.165, 1.54) is 16.5 Å². The molecule has 2 aromatic rings. The standard InChI is InChI=1S/C14H17N3OS/c15-12-1-2-14(18)17(10-12)7-6-16-5-3-13-11(9-16)4-8-19-13/h1-2,4,8,10H,3,5-7,9,15H2. The van der Waals surface area contributed by atoms with E-state index in [-0.39, 0.29) is 5.56 Å². The molecule has 0 atom stereocenters. The van der Waals surface area contributed by atoms with Gasteiger partial charge in [0.15, 0.2) is 0 Å². The molecule has 0 bridgehead atoms. The van der Waals surface area contributed by atoms with Crippen LogP contribution >= 0.6 is 11.3 Å². The Kier molecular flexibility index (Phi) is 3.40. The van der Waals surface area contributed by atoms with Crippen molar-refractivity contribution in [1.82, 2.24) is 9.47 Å². The monoisotopic (exact) mass is 275 g/mol. The van der Waals surface area contributed by atoms with Crippen LogP contribution < -0.4 is 11.3 Å². The third-order valence-electron chi connectivity index (χ3n) is 3.55. The van der Waals surface area contributed by atoms with Gasteiger partial charge >= 0.3 is 0 Å². The van der Waals surface area contributed by atoms with E-state index in [0.29, 0.717) is 12.2 Å². The average Bonchev–Trinajstić information content (AvgIpc) is 2.87. The van der Waals surface area contributed by atoms with Crippen molar-refractivity contribution in [3.8, 4) is 0 Å². The quantitative estimate of drug-likeness (QED) is 0.924. The molecule has 0 amide bonds. The van der Waals surface area contributed by atoms with Gasteiger partial charge in [-0.3, -0.25) is 9.69 Å². The van der Waals surface area contributed by atoms with Crippen LogP contribution in [0.25, 0.3) is 0 Å². The Morgan fingerprint density at radius 1 is 1.26 bits per heavy atom. The van der Waals surface area contributed by atoms with Crippen molar-refractivity contribution in [2.24, 2.45) is 0 Å². The first-order valence-corrected chi connectivity index (χ1v) is 7.34. The van der Waals surface area contributed by atoms with E-state index in [1.807, 2.05) is 11.3 Å². The maximum absolute atomic E-state index is 11.7. The molecule has 2 N–H and O–H groups in total. The fourth-order valence-corrected chi connectivity index (χ4v) is 3.36. The number of pyridine rings is 1. The Morgan fingerprint density at radius 3 is 3.05 bits per heavy atom. The summed E-state index contributed by atoms with van der Waals surface area (Å²) in [7, 11) is 0. The Hall–Kier alpha value is -1.59. The molecule has 0 saturated carbocycles. The molecular formula is C14H17N3OS. The summed E-state index contributed by atoms with van der Waals surface area (Å²) >= 11 is 1.85. The van der Waals surface area contributed by atoms with Crippen LogP contribution in [0.15, 0.2) is 34.6 Å². The maximum Gasteiger partial charge on any atom is 0.250 e. The molecule has 1 aliphatic rings. The van der Waals surface area contributed by atoms with Crippen molar-refractivity contribution in [3.05, 3.63) is 50.6 Å². The zero-order chi connectivity index (χ0) is 13.2. The van der Waals surface area contributed by atoms with E-state index in [4.69, 9.17) is 5.73 Å². The van der Waals surface area contributed by atoms with Crippen LogP contribution in [0.2, 0.25) is 0 Å². The van der Waals surface area contributed by atoms with Crippen LogP contribution in [0.3, 0.4) is 0 Å². The lowest BCUT2D eigenvalue weighted by molar-refractivity contribution is 0.245. The van der Waals surface area contributed by atoms with E-state index in [9.17, 15) is 4.79 Å². The van der Waals surface area contributed by atoms with E-state index < -0.39 is 0 Å². The van der Waals surface area contributed by atoms with Crippen LogP contribution in [-0.2, 0) is 19.5 Å². The van der Waals surface area contributed by atoms with Crippen molar-refractivity contribution in [2.75, 3.05) is 18.8 Å². The number of hydrogen-bond acceptors (Lipinski definition) is 4. The topological polar surface area (TPSA) is 51.3 Å². The second-order valence-electron chi connectivity index (χ2n) is 4.89. The highest BCUT2D eigenvalue weighted by Gasteiger charge is 2.16. The predicted octanol–water partition coefficient (Wildman–Crippen LogP) is 1.55. The smallest absolute Gasteiger partial charge is 0.250 e. The van der Waals surface area contributed by atoms with Crippen LogP contribution in [0.1, 0.15) is 10.4 Å². The number of anilines is 1. The molecule has 0 radical (unpaired) electrons. The minimum atomic E-state index is 0.0161. The lowest BCUT2D eigenvalue weighted by Crippen LogP contribution is -2.34. The second kappa shape index (κ2) is 5.19. The molecule has 19 heavy (non-hydrogen) atoms. The van der Waals surface area contributed by atoms with Crippen molar-refractivity contribution >= 4 is 17.0 Å². The predicted molar refractivity (Wildman–Crippen MR) is 78.4 cm³/mol. The van der Waals surface area contributed by atoms with E-state index >= 15 is 0 Å². The van der Waals surface area contributed by atoms with Gasteiger partial charge in [-0.25, -0.2) is 0 Å². The lowest BCUT2D eigenvalue weighted by Gasteiger charge is -2.26. The summed E-state index contributed by atoms with van der Waals surface area (Å²) in [6.45, 7) is 3.66. The molecule has 0 spiro atoms. The first kappa shape index (κ1) is 12.4. The number of aromatic nitrogens is 1. The van der Waals surface area contributed by atoms with Crippen LogP contribution in [-0.4, -0.2) is 22.6 Å². The van der Waals surface area contributed by atoms with E-state index in [2.05, 4.69) is 16.3 Å². The summed E-state index contributed by atoms with van der Waals surface area (Å²) in [6.07, 6.45) is 2.85. The summed E-state index contributed by atoms with van der Waals surface area (Å²) in [5.41, 5.74) is 7.81. The van der Waals surface area contributed by atoms with Gasteiger partial charge in [0.25, 0.3) is 5.56 Å². The van der Waals surface area contributed by atoms with Gasteiger partial charge in [0.05, 0.1) is 0 Å². The Balaban J connectivity index is 1.64. The molecule has 1 aliphatic heterocycles. The molecule has 3 heterocycles. The SMILES string of the molecule is Nc1ccc(=O)n(CCN2CCc3sccc3C2)c1. The largest absolute Gasteiger partial charge is 0.398 e. The molecule has 4 nitrogen and oxygen atoms in total. The maximum atomic E-state index is 11.7. The summed E-state index contributed by atoms with van der Waals surface area (Å²) in [5.74, 6) is 0. The van der Waals surface area contributed by atoms with Crippen molar-refractivity contribution < 1.29 is 0 Å². The van der Waals surface area contributed by atoms with Gasteiger partial charge in [-0.15, -0.1) is 11.3 Å². The Labute approximate surface area is 116 Å². The number of nitrogens with two attached hydrogens (primary N) is 1. The highest BCUT2D eigenvalue weighted by atomic mass is 32.1. The highest BCUT2D eigenvalue weighted by molar-refractivity contribution is 7.10. The Morgan fingerprint density at radius 2 is 2.16 bits per heavy atom. The third-order valence-corrected chi connectivity index (χ3v) is 4.57. The molecule has 2 aromatic heterocycles. The normalized spacial score (nSPS) is 15.4. The third kappa shape index (κ3) is 2.72. The molecule has 0 fully saturated rings. The number of fused-ring (bicyclic) bond motifs is 1. The van der Waals surface area contributed by atoms with Gasteiger partial charge < -0.3 is 10.3 Å². The van der Waals surface area contributed by atoms with E-state index in [0.717, 1.165) is 26.1 Å². The van der Waals surface area contributed by atoms with Crippen LogP contribution in [0, 0.1) is 0 Å². The molecule has 0 aromatic carbocycles.